The predicted octanol–water partition coefficient (Wildman–Crippen LogP) is 4.30. The van der Waals surface area contributed by atoms with Crippen molar-refractivity contribution in [1.82, 2.24) is 15.3 Å². The molecule has 5 rings (SSSR count). The van der Waals surface area contributed by atoms with Crippen LogP contribution in [0.4, 0.5) is 11.4 Å². The predicted molar refractivity (Wildman–Crippen MR) is 118 cm³/mol. The highest BCUT2D eigenvalue weighted by molar-refractivity contribution is 6.40. The Balaban J connectivity index is 1.62. The van der Waals surface area contributed by atoms with Crippen LogP contribution in [-0.2, 0) is 0 Å². The van der Waals surface area contributed by atoms with E-state index in [1.165, 1.54) is 5.57 Å². The zero-order valence-electron chi connectivity index (χ0n) is 15.8. The number of carbonyl (C=O) groups is 1. The van der Waals surface area contributed by atoms with Crippen LogP contribution >= 0.6 is 23.2 Å². The summed E-state index contributed by atoms with van der Waals surface area (Å²) in [7, 11) is 1.96. The largest absolute Gasteiger partial charge is 0.355 e. The van der Waals surface area contributed by atoms with E-state index >= 15 is 0 Å². The van der Waals surface area contributed by atoms with Gasteiger partial charge in [-0.2, -0.15) is 0 Å². The van der Waals surface area contributed by atoms with Gasteiger partial charge in [-0.15, -0.1) is 0 Å². The van der Waals surface area contributed by atoms with Crippen LogP contribution < -0.4 is 15.1 Å². The Hall–Kier alpha value is -2.54. The fraction of sp³-hybridized carbons (Fsp3) is 0.238. The lowest BCUT2D eigenvalue weighted by Crippen LogP contribution is -2.45. The SMILES string of the molecule is CN1CN(c2c(Cl)cccc2Cl)C(=O)c2cnc3[nH]c(C4=CCNCC4)cc3c21. The highest BCUT2D eigenvalue weighted by Gasteiger charge is 2.33. The zero-order valence-corrected chi connectivity index (χ0v) is 17.3. The Bertz CT molecular complexity index is 1150. The molecule has 2 aromatic heterocycles. The van der Waals surface area contributed by atoms with Gasteiger partial charge in [0, 0.05) is 30.9 Å². The monoisotopic (exact) mass is 427 g/mol. The zero-order chi connectivity index (χ0) is 20.1. The minimum atomic E-state index is -0.161. The Labute approximate surface area is 178 Å². The maximum absolute atomic E-state index is 13.3. The third kappa shape index (κ3) is 2.99. The summed E-state index contributed by atoms with van der Waals surface area (Å²) in [5.41, 5.74) is 5.03. The summed E-state index contributed by atoms with van der Waals surface area (Å²) in [6.07, 6.45) is 4.78. The molecule has 3 aromatic rings. The van der Waals surface area contributed by atoms with Gasteiger partial charge in [0.25, 0.3) is 5.91 Å². The molecule has 2 aliphatic rings. The molecule has 0 fully saturated rings. The molecule has 8 heteroatoms. The fourth-order valence-electron chi connectivity index (χ4n) is 4.08. The number of benzene rings is 1. The number of hydrogen-bond donors (Lipinski definition) is 2. The Kier molecular flexibility index (Phi) is 4.50. The van der Waals surface area contributed by atoms with Gasteiger partial charge in [0.1, 0.15) is 5.65 Å². The summed E-state index contributed by atoms with van der Waals surface area (Å²) >= 11 is 12.7. The third-order valence-electron chi connectivity index (χ3n) is 5.46. The molecule has 1 amide bonds. The van der Waals surface area contributed by atoms with Gasteiger partial charge < -0.3 is 15.2 Å². The lowest BCUT2D eigenvalue weighted by Gasteiger charge is -2.36. The topological polar surface area (TPSA) is 64.3 Å². The van der Waals surface area contributed by atoms with Gasteiger partial charge in [-0.05, 0) is 36.7 Å². The van der Waals surface area contributed by atoms with Gasteiger partial charge in [-0.1, -0.05) is 35.3 Å². The number of aromatic nitrogens is 2. The maximum atomic E-state index is 13.3. The first kappa shape index (κ1) is 18.5. The van der Waals surface area contributed by atoms with Crippen molar-refractivity contribution >= 4 is 57.1 Å². The summed E-state index contributed by atoms with van der Waals surface area (Å²) < 4.78 is 0. The van der Waals surface area contributed by atoms with E-state index < -0.39 is 0 Å². The van der Waals surface area contributed by atoms with Crippen molar-refractivity contribution in [2.75, 3.05) is 36.6 Å². The molecule has 0 unspecified atom stereocenters. The van der Waals surface area contributed by atoms with Gasteiger partial charge in [-0.25, -0.2) is 4.98 Å². The molecular weight excluding hydrogens is 409 g/mol. The molecule has 4 heterocycles. The Morgan fingerprint density at radius 2 is 1.97 bits per heavy atom. The Morgan fingerprint density at radius 1 is 1.17 bits per heavy atom. The van der Waals surface area contributed by atoms with E-state index in [0.29, 0.717) is 28.0 Å². The second-order valence-electron chi connectivity index (χ2n) is 7.29. The first-order valence-electron chi connectivity index (χ1n) is 9.43. The summed E-state index contributed by atoms with van der Waals surface area (Å²) in [6, 6.07) is 7.33. The average Bonchev–Trinajstić information content (AvgIpc) is 3.16. The number of aromatic amines is 1. The van der Waals surface area contributed by atoms with Crippen molar-refractivity contribution < 1.29 is 4.79 Å². The van der Waals surface area contributed by atoms with Crippen LogP contribution in [0.25, 0.3) is 16.6 Å². The molecule has 0 aliphatic carbocycles. The standard InChI is InChI=1S/C21H19Cl2N5O/c1-27-11-28(19-15(22)3-2-4-16(19)23)21(29)14-10-25-20-13(18(14)27)9-17(26-20)12-5-7-24-8-6-12/h2-5,9-10,24H,6-8,11H2,1H3,(H,25,26). The normalized spacial score (nSPS) is 16.9. The van der Waals surface area contributed by atoms with Gasteiger partial charge >= 0.3 is 0 Å². The van der Waals surface area contributed by atoms with Crippen molar-refractivity contribution in [1.29, 1.82) is 0 Å². The summed E-state index contributed by atoms with van der Waals surface area (Å²) in [6.45, 7) is 2.17. The van der Waals surface area contributed by atoms with Gasteiger partial charge in [0.15, 0.2) is 0 Å². The fourth-order valence-corrected chi connectivity index (χ4v) is 4.68. The minimum Gasteiger partial charge on any atom is -0.355 e. The van der Waals surface area contributed by atoms with Crippen molar-refractivity contribution in [3.05, 3.63) is 57.8 Å². The molecule has 2 aliphatic heterocycles. The highest BCUT2D eigenvalue weighted by Crippen LogP contribution is 2.40. The number of para-hydroxylation sites is 1. The van der Waals surface area contributed by atoms with Gasteiger partial charge in [-0.3, -0.25) is 9.69 Å². The van der Waals surface area contributed by atoms with Crippen LogP contribution in [0, 0.1) is 0 Å². The van der Waals surface area contributed by atoms with Crippen LogP contribution in [-0.4, -0.2) is 42.7 Å². The summed E-state index contributed by atoms with van der Waals surface area (Å²) in [5.74, 6) is -0.161. The number of nitrogens with zero attached hydrogens (tertiary/aromatic N) is 3. The smallest absolute Gasteiger partial charge is 0.263 e. The van der Waals surface area contributed by atoms with Crippen LogP contribution in [0.1, 0.15) is 22.5 Å². The highest BCUT2D eigenvalue weighted by atomic mass is 35.5. The van der Waals surface area contributed by atoms with Crippen LogP contribution in [0.2, 0.25) is 10.0 Å². The number of nitrogens with one attached hydrogen (secondary N) is 2. The van der Waals surface area contributed by atoms with Crippen molar-refractivity contribution in [2.45, 2.75) is 6.42 Å². The number of amides is 1. The third-order valence-corrected chi connectivity index (χ3v) is 6.07. The van der Waals surface area contributed by atoms with Gasteiger partial charge in [0.2, 0.25) is 0 Å². The number of fused-ring (bicyclic) bond motifs is 3. The Morgan fingerprint density at radius 3 is 2.69 bits per heavy atom. The number of anilines is 2. The van der Waals surface area contributed by atoms with Crippen LogP contribution in [0.3, 0.4) is 0 Å². The molecule has 29 heavy (non-hydrogen) atoms. The van der Waals surface area contributed by atoms with Crippen molar-refractivity contribution in [2.24, 2.45) is 0 Å². The number of rotatable bonds is 2. The number of halogens is 2. The van der Waals surface area contributed by atoms with Gasteiger partial charge in [0.05, 0.1) is 33.7 Å². The molecule has 6 nitrogen and oxygen atoms in total. The first-order valence-corrected chi connectivity index (χ1v) is 10.2. The second-order valence-corrected chi connectivity index (χ2v) is 8.11. The van der Waals surface area contributed by atoms with Crippen LogP contribution in [0.15, 0.2) is 36.5 Å². The van der Waals surface area contributed by atoms with Crippen molar-refractivity contribution in [3.63, 3.8) is 0 Å². The maximum Gasteiger partial charge on any atom is 0.263 e. The molecular formula is C21H19Cl2N5O. The number of pyridine rings is 1. The molecule has 0 saturated carbocycles. The van der Waals surface area contributed by atoms with E-state index in [2.05, 4.69) is 27.4 Å². The first-order chi connectivity index (χ1) is 14.0. The van der Waals surface area contributed by atoms with E-state index in [0.717, 1.165) is 41.9 Å². The summed E-state index contributed by atoms with van der Waals surface area (Å²) in [4.78, 5) is 24.9. The van der Waals surface area contributed by atoms with E-state index in [1.807, 2.05) is 11.9 Å². The second kappa shape index (κ2) is 7.06. The van der Waals surface area contributed by atoms with Crippen molar-refractivity contribution in [3.8, 4) is 0 Å². The molecule has 0 bridgehead atoms. The molecule has 2 N–H and O–H groups in total. The lowest BCUT2D eigenvalue weighted by molar-refractivity contribution is 0.0982. The number of hydrogen-bond acceptors (Lipinski definition) is 4. The molecule has 148 valence electrons. The number of carbonyl (C=O) groups excluding carboxylic acids is 1. The van der Waals surface area contributed by atoms with E-state index in [9.17, 15) is 4.79 Å². The molecule has 0 spiro atoms. The lowest BCUT2D eigenvalue weighted by atomic mass is 10.0. The number of H-pyrrole nitrogens is 1. The van der Waals surface area contributed by atoms with E-state index in [4.69, 9.17) is 23.2 Å². The van der Waals surface area contributed by atoms with Crippen LogP contribution in [0.5, 0.6) is 0 Å². The minimum absolute atomic E-state index is 0.161. The average molecular weight is 428 g/mol. The quantitative estimate of drug-likeness (QED) is 0.639. The molecule has 0 atom stereocenters. The molecule has 0 saturated heterocycles. The van der Waals surface area contributed by atoms with E-state index in [1.54, 1.807) is 29.3 Å². The molecule has 0 radical (unpaired) electrons. The molecule has 1 aromatic carbocycles. The summed E-state index contributed by atoms with van der Waals surface area (Å²) in [5, 5.41) is 5.15. The van der Waals surface area contributed by atoms with E-state index in [-0.39, 0.29) is 5.91 Å².